The van der Waals surface area contributed by atoms with E-state index in [1.54, 1.807) is 6.26 Å². The minimum absolute atomic E-state index is 0.151. The van der Waals surface area contributed by atoms with Crippen LogP contribution >= 0.6 is 0 Å². The predicted molar refractivity (Wildman–Crippen MR) is 46.8 cm³/mol. The van der Waals surface area contributed by atoms with E-state index in [1.165, 1.54) is 6.26 Å². The summed E-state index contributed by atoms with van der Waals surface area (Å²) >= 11 is 0. The van der Waals surface area contributed by atoms with Gasteiger partial charge in [-0.25, -0.2) is 4.21 Å². The minimum Gasteiger partial charge on any atom is -0.605 e. The van der Waals surface area contributed by atoms with E-state index in [1.807, 2.05) is 6.42 Å². The van der Waals surface area contributed by atoms with Crippen LogP contribution in [0.3, 0.4) is 0 Å². The Labute approximate surface area is 65.4 Å². The van der Waals surface area contributed by atoms with Gasteiger partial charge >= 0.3 is 0 Å². The smallest absolute Gasteiger partial charge is 0.108 e. The van der Waals surface area contributed by atoms with Gasteiger partial charge in [-0.3, -0.25) is 0 Å². The lowest BCUT2D eigenvalue weighted by atomic mass is 10.0. The first-order valence-electron chi connectivity index (χ1n) is 3.30. The molecule has 0 amide bonds. The minimum atomic E-state index is -2.35. The molecule has 1 saturated carbocycles. The predicted octanol–water partition coefficient (Wildman–Crippen LogP) is 0.293. The van der Waals surface area contributed by atoms with Gasteiger partial charge in [0.15, 0.2) is 0 Å². The molecule has 0 N–H and O–H groups in total. The fourth-order valence-corrected chi connectivity index (χ4v) is 4.18. The average molecular weight is 181 g/mol. The topological polar surface area (TPSA) is 40.1 Å². The number of hydrogen-bond donors (Lipinski definition) is 1. The Morgan fingerprint density at radius 3 is 2.40 bits per heavy atom. The van der Waals surface area contributed by atoms with E-state index in [9.17, 15) is 8.76 Å². The van der Waals surface area contributed by atoms with Crippen molar-refractivity contribution in [1.29, 1.82) is 0 Å². The molecule has 0 bridgehead atoms. The number of thiol groups is 1. The molecule has 4 heteroatoms. The normalized spacial score (nSPS) is 25.5. The molecule has 0 aromatic heterocycles. The van der Waals surface area contributed by atoms with E-state index in [4.69, 9.17) is 0 Å². The average Bonchev–Trinajstić information content (AvgIpc) is 1.57. The van der Waals surface area contributed by atoms with E-state index in [0.29, 0.717) is 0 Å². The molecule has 10 heavy (non-hydrogen) atoms. The Morgan fingerprint density at radius 1 is 1.80 bits per heavy atom. The maximum atomic E-state index is 11.6. The van der Waals surface area contributed by atoms with E-state index < -0.39 is 19.2 Å². The fraction of sp³-hybridized carbons (Fsp3) is 0.833. The second kappa shape index (κ2) is 2.83. The molecule has 0 aliphatic heterocycles. The van der Waals surface area contributed by atoms with Crippen molar-refractivity contribution in [3.63, 3.8) is 0 Å². The summed E-state index contributed by atoms with van der Waals surface area (Å²) in [6.07, 6.45) is 7.20. The molecule has 0 aromatic rings. The highest BCUT2D eigenvalue weighted by Crippen LogP contribution is 2.31. The number of rotatable bonds is 2. The third-order valence-corrected chi connectivity index (χ3v) is 8.58. The molecule has 0 spiro atoms. The molecule has 0 saturated heterocycles. The van der Waals surface area contributed by atoms with Crippen LogP contribution in [-0.2, 0) is 19.2 Å². The number of hydrogen-bond acceptors (Lipinski definition) is 2. The van der Waals surface area contributed by atoms with Gasteiger partial charge in [-0.2, -0.15) is 0 Å². The highest BCUT2D eigenvalue weighted by atomic mass is 33.2. The molecule has 2 nitrogen and oxygen atoms in total. The third-order valence-electron chi connectivity index (χ3n) is 2.01. The Bertz CT molecular complexity index is 163. The molecule has 0 aromatic carbocycles. The van der Waals surface area contributed by atoms with Gasteiger partial charge in [-0.1, -0.05) is 0 Å². The van der Waals surface area contributed by atoms with E-state index >= 15 is 0 Å². The highest BCUT2D eigenvalue weighted by molar-refractivity contribution is 8.72. The van der Waals surface area contributed by atoms with Crippen LogP contribution in [0.4, 0.5) is 0 Å². The second-order valence-electron chi connectivity index (χ2n) is 2.71. The van der Waals surface area contributed by atoms with Crippen LogP contribution in [0, 0.1) is 6.42 Å². The van der Waals surface area contributed by atoms with Gasteiger partial charge in [0.1, 0.15) is 6.26 Å². The van der Waals surface area contributed by atoms with Crippen LogP contribution in [-0.4, -0.2) is 26.5 Å². The summed E-state index contributed by atoms with van der Waals surface area (Å²) in [6, 6.07) is 0. The van der Waals surface area contributed by atoms with Crippen LogP contribution in [0.15, 0.2) is 0 Å². The first-order valence-corrected chi connectivity index (χ1v) is 7.68. The summed E-state index contributed by atoms with van der Waals surface area (Å²) in [5.41, 5.74) is 0. The quantitative estimate of drug-likeness (QED) is 0.378. The van der Waals surface area contributed by atoms with Gasteiger partial charge in [-0.15, -0.1) is 0 Å². The molecule has 1 aliphatic rings. The van der Waals surface area contributed by atoms with Crippen molar-refractivity contribution in [2.45, 2.75) is 18.1 Å². The zero-order valence-corrected chi connectivity index (χ0v) is 7.95. The highest BCUT2D eigenvalue weighted by Gasteiger charge is 2.34. The van der Waals surface area contributed by atoms with Crippen molar-refractivity contribution < 1.29 is 8.76 Å². The Balaban J connectivity index is 2.58. The Morgan fingerprint density at radius 2 is 2.30 bits per heavy atom. The van der Waals surface area contributed by atoms with Gasteiger partial charge in [0, 0.05) is 25.4 Å². The summed E-state index contributed by atoms with van der Waals surface area (Å²) in [5.74, 6) is 0. The molecule has 0 heterocycles. The van der Waals surface area contributed by atoms with Crippen LogP contribution in [0.25, 0.3) is 0 Å². The third kappa shape index (κ3) is 1.38. The van der Waals surface area contributed by atoms with Crippen LogP contribution in [0.5, 0.6) is 0 Å². The Hall–Kier alpha value is 0.460. The summed E-state index contributed by atoms with van der Waals surface area (Å²) in [6.45, 7) is 0. The summed E-state index contributed by atoms with van der Waals surface area (Å²) in [7, 11) is -3.48. The molecule has 1 fully saturated rings. The molecule has 2 unspecified atom stereocenters. The monoisotopic (exact) mass is 181 g/mol. The molecular weight excluding hydrogens is 168 g/mol. The molecule has 1 rings (SSSR count). The van der Waals surface area contributed by atoms with Crippen LogP contribution in [0.1, 0.15) is 12.8 Å². The van der Waals surface area contributed by atoms with Crippen molar-refractivity contribution in [1.82, 2.24) is 0 Å². The first kappa shape index (κ1) is 8.56. The zero-order chi connectivity index (χ0) is 7.78. The van der Waals surface area contributed by atoms with E-state index in [0.717, 1.165) is 12.8 Å². The van der Waals surface area contributed by atoms with Crippen LogP contribution in [0.2, 0.25) is 0 Å². The van der Waals surface area contributed by atoms with Gasteiger partial charge in [0.05, 0.1) is 5.25 Å². The van der Waals surface area contributed by atoms with Gasteiger partial charge in [0.2, 0.25) is 0 Å². The zero-order valence-electron chi connectivity index (χ0n) is 6.24. The first-order chi connectivity index (χ1) is 4.55. The van der Waals surface area contributed by atoms with Gasteiger partial charge in [0.25, 0.3) is 0 Å². The summed E-state index contributed by atoms with van der Waals surface area (Å²) < 4.78 is 22.5. The van der Waals surface area contributed by atoms with E-state index in [-0.39, 0.29) is 5.25 Å². The fourth-order valence-electron chi connectivity index (χ4n) is 0.932. The lowest BCUT2D eigenvalue weighted by Gasteiger charge is -2.34. The maximum Gasteiger partial charge on any atom is 0.108 e. The Kier molecular flexibility index (Phi) is 2.42. The van der Waals surface area contributed by atoms with Gasteiger partial charge in [-0.05, 0) is 19.3 Å². The lowest BCUT2D eigenvalue weighted by Crippen LogP contribution is -2.39. The SMILES string of the molecule is C[S+]([O-])[SH](C)(=O)C1[CH]CC1. The second-order valence-corrected chi connectivity index (χ2v) is 9.76. The van der Waals surface area contributed by atoms with E-state index in [2.05, 4.69) is 0 Å². The molecule has 61 valence electrons. The van der Waals surface area contributed by atoms with Gasteiger partial charge < -0.3 is 4.55 Å². The maximum absolute atomic E-state index is 11.6. The van der Waals surface area contributed by atoms with Crippen molar-refractivity contribution in [2.75, 3.05) is 12.5 Å². The lowest BCUT2D eigenvalue weighted by molar-refractivity contribution is 0.595. The largest absolute Gasteiger partial charge is 0.605 e. The molecular formula is C6H13O2S2. The molecule has 1 radical (unpaired) electrons. The van der Waals surface area contributed by atoms with Crippen molar-refractivity contribution in [3.8, 4) is 0 Å². The summed E-state index contributed by atoms with van der Waals surface area (Å²) in [5, 5.41) is 0.151. The van der Waals surface area contributed by atoms with Crippen molar-refractivity contribution in [3.05, 3.63) is 6.42 Å². The van der Waals surface area contributed by atoms with Crippen molar-refractivity contribution >= 4 is 19.2 Å². The summed E-state index contributed by atoms with van der Waals surface area (Å²) in [4.78, 5) is 0. The molecule has 1 aliphatic carbocycles. The standard InChI is InChI=1S/C6H13O2S2/c1-9(7)10(2,8)6-4-3-5-6/h4,6,10H,3,5H2,1-2H3. The van der Waals surface area contributed by atoms with Crippen molar-refractivity contribution in [2.24, 2.45) is 0 Å². The van der Waals surface area contributed by atoms with Crippen LogP contribution < -0.4 is 0 Å². The molecule has 2 atom stereocenters.